The van der Waals surface area contributed by atoms with Crippen molar-refractivity contribution >= 4 is 11.8 Å². The van der Waals surface area contributed by atoms with Gasteiger partial charge >= 0.3 is 5.97 Å². The van der Waals surface area contributed by atoms with E-state index in [1.54, 1.807) is 0 Å². The molecule has 0 aromatic carbocycles. The van der Waals surface area contributed by atoms with Gasteiger partial charge < -0.3 is 4.74 Å². The molecule has 0 bridgehead atoms. The molecule has 0 unspecified atom stereocenters. The molecule has 106 valence electrons. The predicted octanol–water partition coefficient (Wildman–Crippen LogP) is 1.77. The molecule has 1 aliphatic carbocycles. The molecule has 2 heterocycles. The van der Waals surface area contributed by atoms with Crippen molar-refractivity contribution in [1.29, 1.82) is 0 Å². The Kier molecular flexibility index (Phi) is 3.37. The van der Waals surface area contributed by atoms with E-state index in [4.69, 9.17) is 4.74 Å². The summed E-state index contributed by atoms with van der Waals surface area (Å²) in [7, 11) is 0. The number of piperidine rings is 2. The lowest BCUT2D eigenvalue weighted by atomic mass is 9.98. The SMILES string of the molecule is CCCCCCCOC(=O)[C@]12C(=O)CN3CC[C@H]1[C@@H]32. The summed E-state index contributed by atoms with van der Waals surface area (Å²) >= 11 is 0. The number of ketones is 1. The van der Waals surface area contributed by atoms with Gasteiger partial charge in [-0.25, -0.2) is 0 Å². The van der Waals surface area contributed by atoms with Crippen LogP contribution < -0.4 is 0 Å². The topological polar surface area (TPSA) is 46.6 Å². The molecule has 3 rings (SSSR count). The van der Waals surface area contributed by atoms with E-state index in [1.165, 1.54) is 19.3 Å². The van der Waals surface area contributed by atoms with Gasteiger partial charge in [-0.15, -0.1) is 0 Å². The van der Waals surface area contributed by atoms with Gasteiger partial charge in [0.05, 0.1) is 13.2 Å². The van der Waals surface area contributed by atoms with Crippen molar-refractivity contribution in [3.63, 3.8) is 0 Å². The van der Waals surface area contributed by atoms with Gasteiger partial charge in [0, 0.05) is 12.0 Å². The maximum atomic E-state index is 12.2. The zero-order chi connectivity index (χ0) is 13.5. The third-order valence-electron chi connectivity index (χ3n) is 5.07. The Balaban J connectivity index is 1.46. The molecule has 0 aromatic heterocycles. The van der Waals surface area contributed by atoms with Crippen LogP contribution in [0.5, 0.6) is 0 Å². The van der Waals surface area contributed by atoms with E-state index in [0.29, 0.717) is 13.2 Å². The lowest BCUT2D eigenvalue weighted by Crippen LogP contribution is -2.30. The van der Waals surface area contributed by atoms with Crippen molar-refractivity contribution in [3.8, 4) is 0 Å². The highest BCUT2D eigenvalue weighted by atomic mass is 16.5. The van der Waals surface area contributed by atoms with E-state index < -0.39 is 5.41 Å². The van der Waals surface area contributed by atoms with E-state index in [-0.39, 0.29) is 23.7 Å². The maximum Gasteiger partial charge on any atom is 0.321 e. The molecule has 0 aromatic rings. The van der Waals surface area contributed by atoms with Gasteiger partial charge in [-0.1, -0.05) is 32.6 Å². The molecular formula is C15H23NO3. The van der Waals surface area contributed by atoms with Crippen molar-refractivity contribution in [2.45, 2.75) is 51.5 Å². The maximum absolute atomic E-state index is 12.2. The van der Waals surface area contributed by atoms with Crippen molar-refractivity contribution in [3.05, 3.63) is 0 Å². The van der Waals surface area contributed by atoms with Crippen molar-refractivity contribution in [2.24, 2.45) is 11.3 Å². The third kappa shape index (κ3) is 1.83. The summed E-state index contributed by atoms with van der Waals surface area (Å²) in [5, 5.41) is 0. The summed E-state index contributed by atoms with van der Waals surface area (Å²) in [6.07, 6.45) is 6.70. The molecule has 1 saturated carbocycles. The molecule has 2 saturated heterocycles. The van der Waals surface area contributed by atoms with E-state index in [2.05, 4.69) is 11.8 Å². The highest BCUT2D eigenvalue weighted by Crippen LogP contribution is 2.66. The molecule has 4 heteroatoms. The van der Waals surface area contributed by atoms with Crippen molar-refractivity contribution < 1.29 is 14.3 Å². The summed E-state index contributed by atoms with van der Waals surface area (Å²) in [5.41, 5.74) is -0.734. The minimum absolute atomic E-state index is 0.107. The number of carbonyl (C=O) groups excluding carboxylic acids is 2. The average molecular weight is 265 g/mol. The van der Waals surface area contributed by atoms with Crippen LogP contribution >= 0.6 is 0 Å². The fourth-order valence-electron chi connectivity index (χ4n) is 4.05. The lowest BCUT2D eigenvalue weighted by Gasteiger charge is -2.13. The number of fused-ring (bicyclic) bond motifs is 1. The summed E-state index contributed by atoms with van der Waals surface area (Å²) in [5.74, 6) is 0.141. The van der Waals surface area contributed by atoms with Crippen LogP contribution in [0.25, 0.3) is 0 Å². The Hall–Kier alpha value is -0.900. The first-order valence-electron chi connectivity index (χ1n) is 7.67. The van der Waals surface area contributed by atoms with Gasteiger partial charge in [0.15, 0.2) is 5.78 Å². The number of Topliss-reactive ketones (excluding diaryl/α,β-unsaturated/α-hetero) is 1. The van der Waals surface area contributed by atoms with Crippen LogP contribution in [-0.4, -0.2) is 42.4 Å². The fraction of sp³-hybridized carbons (Fsp3) is 0.867. The monoisotopic (exact) mass is 265 g/mol. The summed E-state index contributed by atoms with van der Waals surface area (Å²) in [4.78, 5) is 26.5. The highest BCUT2D eigenvalue weighted by Gasteiger charge is 2.82. The first kappa shape index (κ1) is 13.1. The van der Waals surface area contributed by atoms with Crippen LogP contribution in [0, 0.1) is 11.3 Å². The van der Waals surface area contributed by atoms with Crippen molar-refractivity contribution in [1.82, 2.24) is 4.90 Å². The molecule has 0 N–H and O–H groups in total. The molecular weight excluding hydrogens is 242 g/mol. The number of ether oxygens (including phenoxy) is 1. The minimum Gasteiger partial charge on any atom is -0.465 e. The second-order valence-electron chi connectivity index (χ2n) is 6.15. The number of unbranched alkanes of at least 4 members (excludes halogenated alkanes) is 4. The molecule has 0 amide bonds. The second-order valence-corrected chi connectivity index (χ2v) is 6.15. The van der Waals surface area contributed by atoms with E-state index >= 15 is 0 Å². The van der Waals surface area contributed by atoms with Gasteiger partial charge in [-0.2, -0.15) is 0 Å². The Labute approximate surface area is 114 Å². The Morgan fingerprint density at radius 3 is 2.89 bits per heavy atom. The molecule has 0 radical (unpaired) electrons. The van der Waals surface area contributed by atoms with E-state index in [1.807, 2.05) is 0 Å². The minimum atomic E-state index is -0.734. The zero-order valence-electron chi connectivity index (χ0n) is 11.7. The number of hydrogen-bond acceptors (Lipinski definition) is 4. The summed E-state index contributed by atoms with van der Waals surface area (Å²) < 4.78 is 5.39. The predicted molar refractivity (Wildman–Crippen MR) is 70.6 cm³/mol. The zero-order valence-corrected chi connectivity index (χ0v) is 11.7. The van der Waals surface area contributed by atoms with Gasteiger partial charge in [-0.3, -0.25) is 14.5 Å². The van der Waals surface area contributed by atoms with Crippen LogP contribution in [0.3, 0.4) is 0 Å². The number of rotatable bonds is 7. The smallest absolute Gasteiger partial charge is 0.321 e. The van der Waals surface area contributed by atoms with E-state index in [9.17, 15) is 9.59 Å². The van der Waals surface area contributed by atoms with Crippen molar-refractivity contribution in [2.75, 3.05) is 19.7 Å². The van der Waals surface area contributed by atoms with Crippen LogP contribution in [0.2, 0.25) is 0 Å². The Morgan fingerprint density at radius 1 is 1.37 bits per heavy atom. The standard InChI is InChI=1S/C15H23NO3/c1-2-3-4-5-6-9-19-14(18)15-11-7-8-16(13(11)15)10-12(15)17/h11,13H,2-10H2,1H3/t11-,13+,15-/m0/s1. The molecule has 3 fully saturated rings. The second kappa shape index (κ2) is 4.89. The normalized spacial score (nSPS) is 35.5. The first-order valence-corrected chi connectivity index (χ1v) is 7.67. The number of esters is 1. The molecule has 0 spiro atoms. The molecule has 19 heavy (non-hydrogen) atoms. The highest BCUT2D eigenvalue weighted by molar-refractivity contribution is 6.12. The van der Waals surface area contributed by atoms with Gasteiger partial charge in [0.25, 0.3) is 0 Å². The van der Waals surface area contributed by atoms with Gasteiger partial charge in [0.1, 0.15) is 5.41 Å². The Morgan fingerprint density at radius 2 is 2.16 bits per heavy atom. The largest absolute Gasteiger partial charge is 0.465 e. The van der Waals surface area contributed by atoms with Crippen LogP contribution in [-0.2, 0) is 14.3 Å². The number of hydrogen-bond donors (Lipinski definition) is 0. The van der Waals surface area contributed by atoms with Crippen LogP contribution in [0.1, 0.15) is 45.4 Å². The molecule has 2 aliphatic heterocycles. The van der Waals surface area contributed by atoms with Gasteiger partial charge in [0.2, 0.25) is 0 Å². The quantitative estimate of drug-likeness (QED) is 0.400. The molecule has 3 aliphatic rings. The summed E-state index contributed by atoms with van der Waals surface area (Å²) in [6.45, 7) is 4.11. The van der Waals surface area contributed by atoms with E-state index in [0.717, 1.165) is 25.8 Å². The molecule has 4 nitrogen and oxygen atoms in total. The number of nitrogens with zero attached hydrogens (tertiary/aromatic N) is 1. The molecule has 3 atom stereocenters. The van der Waals surface area contributed by atoms with Crippen LogP contribution in [0.15, 0.2) is 0 Å². The Bertz CT molecular complexity index is 395. The summed E-state index contributed by atoms with van der Waals surface area (Å²) in [6, 6.07) is 0.188. The van der Waals surface area contributed by atoms with Crippen LogP contribution in [0.4, 0.5) is 0 Å². The average Bonchev–Trinajstić information content (AvgIpc) is 2.82. The third-order valence-corrected chi connectivity index (χ3v) is 5.07. The van der Waals surface area contributed by atoms with Gasteiger partial charge in [-0.05, 0) is 19.4 Å². The number of carbonyl (C=O) groups is 2. The first-order chi connectivity index (χ1) is 9.22. The fourth-order valence-corrected chi connectivity index (χ4v) is 4.05. The lowest BCUT2D eigenvalue weighted by molar-refractivity contribution is -0.154.